The number of nitrogens with one attached hydrogen (secondary N) is 1. The van der Waals surface area contributed by atoms with Gasteiger partial charge in [-0.2, -0.15) is 5.10 Å². The van der Waals surface area contributed by atoms with Crippen LogP contribution in [-0.2, 0) is 6.42 Å². The van der Waals surface area contributed by atoms with Crippen molar-refractivity contribution in [3.05, 3.63) is 46.7 Å². The Bertz CT molecular complexity index is 700. The maximum Gasteiger partial charge on any atom is 0.181 e. The molecule has 6 heteroatoms. The number of benzene rings is 1. The number of aromatic nitrogens is 4. The molecule has 2 aromatic heterocycles. The van der Waals surface area contributed by atoms with Crippen LogP contribution in [0.15, 0.2) is 29.6 Å². The molecule has 5 nitrogen and oxygen atoms in total. The average molecular weight is 271 g/mol. The van der Waals surface area contributed by atoms with Crippen LogP contribution in [0.4, 0.5) is 5.13 Å². The van der Waals surface area contributed by atoms with E-state index in [4.69, 9.17) is 5.73 Å². The van der Waals surface area contributed by atoms with Crippen molar-refractivity contribution >= 4 is 16.5 Å². The predicted molar refractivity (Wildman–Crippen MR) is 75.9 cm³/mol. The second kappa shape index (κ2) is 4.81. The fraction of sp³-hybridized carbons (Fsp3) is 0.154. The van der Waals surface area contributed by atoms with Crippen molar-refractivity contribution < 1.29 is 0 Å². The Morgan fingerprint density at radius 1 is 1.32 bits per heavy atom. The highest BCUT2D eigenvalue weighted by Crippen LogP contribution is 2.18. The van der Waals surface area contributed by atoms with Crippen LogP contribution < -0.4 is 5.73 Å². The topological polar surface area (TPSA) is 80.5 Å². The number of aryl methyl sites for hydroxylation is 1. The van der Waals surface area contributed by atoms with E-state index in [1.807, 2.05) is 17.5 Å². The zero-order valence-corrected chi connectivity index (χ0v) is 11.2. The van der Waals surface area contributed by atoms with Crippen LogP contribution in [0.2, 0.25) is 0 Å². The second-order valence-electron chi connectivity index (χ2n) is 4.33. The molecule has 0 aliphatic carbocycles. The molecule has 3 N–H and O–H groups in total. The summed E-state index contributed by atoms with van der Waals surface area (Å²) >= 11 is 1.43. The van der Waals surface area contributed by atoms with Gasteiger partial charge in [0.2, 0.25) is 0 Å². The highest BCUT2D eigenvalue weighted by Gasteiger charge is 2.08. The molecule has 0 atom stereocenters. The largest absolute Gasteiger partial charge is 0.375 e. The SMILES string of the molecule is Cc1cccc(-c2n[nH]c(Cc3csc(N)n3)n2)c1. The molecule has 0 saturated heterocycles. The van der Waals surface area contributed by atoms with Gasteiger partial charge in [-0.3, -0.25) is 5.10 Å². The minimum absolute atomic E-state index is 0.577. The highest BCUT2D eigenvalue weighted by atomic mass is 32.1. The van der Waals surface area contributed by atoms with Gasteiger partial charge in [-0.05, 0) is 13.0 Å². The summed E-state index contributed by atoms with van der Waals surface area (Å²) in [5.74, 6) is 1.50. The van der Waals surface area contributed by atoms with Crippen LogP contribution in [0.25, 0.3) is 11.4 Å². The molecular formula is C13H13N5S. The van der Waals surface area contributed by atoms with E-state index < -0.39 is 0 Å². The van der Waals surface area contributed by atoms with E-state index in [0.717, 1.165) is 17.1 Å². The summed E-state index contributed by atoms with van der Waals surface area (Å²) in [6.07, 6.45) is 0.618. The number of H-pyrrole nitrogens is 1. The van der Waals surface area contributed by atoms with Gasteiger partial charge in [-0.15, -0.1) is 11.3 Å². The number of nitrogens with zero attached hydrogens (tertiary/aromatic N) is 3. The van der Waals surface area contributed by atoms with E-state index in [1.165, 1.54) is 16.9 Å². The van der Waals surface area contributed by atoms with Gasteiger partial charge >= 0.3 is 0 Å². The van der Waals surface area contributed by atoms with Gasteiger partial charge in [0.25, 0.3) is 0 Å². The van der Waals surface area contributed by atoms with Gasteiger partial charge in [0, 0.05) is 10.9 Å². The van der Waals surface area contributed by atoms with Gasteiger partial charge in [-0.25, -0.2) is 9.97 Å². The molecule has 2 heterocycles. The van der Waals surface area contributed by atoms with Gasteiger partial charge in [-0.1, -0.05) is 23.8 Å². The number of thiazole rings is 1. The third-order valence-corrected chi connectivity index (χ3v) is 3.45. The zero-order chi connectivity index (χ0) is 13.2. The first kappa shape index (κ1) is 11.9. The summed E-state index contributed by atoms with van der Waals surface area (Å²) in [4.78, 5) is 8.69. The Morgan fingerprint density at radius 2 is 2.21 bits per heavy atom. The Hall–Kier alpha value is -2.21. The number of hydrogen-bond acceptors (Lipinski definition) is 5. The van der Waals surface area contributed by atoms with E-state index in [1.54, 1.807) is 0 Å². The van der Waals surface area contributed by atoms with Crippen molar-refractivity contribution in [2.75, 3.05) is 5.73 Å². The van der Waals surface area contributed by atoms with E-state index in [2.05, 4.69) is 39.2 Å². The van der Waals surface area contributed by atoms with Crippen molar-refractivity contribution in [2.24, 2.45) is 0 Å². The molecule has 0 spiro atoms. The van der Waals surface area contributed by atoms with Crippen LogP contribution in [0, 0.1) is 6.92 Å². The fourth-order valence-electron chi connectivity index (χ4n) is 1.86. The van der Waals surface area contributed by atoms with Crippen LogP contribution in [0.1, 0.15) is 17.1 Å². The number of hydrogen-bond donors (Lipinski definition) is 2. The maximum absolute atomic E-state index is 5.61. The van der Waals surface area contributed by atoms with Crippen molar-refractivity contribution in [1.29, 1.82) is 0 Å². The Labute approximate surface area is 114 Å². The monoisotopic (exact) mass is 271 g/mol. The lowest BCUT2D eigenvalue weighted by molar-refractivity contribution is 0.952. The molecule has 0 amide bonds. The Morgan fingerprint density at radius 3 is 2.95 bits per heavy atom. The third-order valence-electron chi connectivity index (χ3n) is 2.73. The van der Waals surface area contributed by atoms with E-state index in [-0.39, 0.29) is 0 Å². The smallest absolute Gasteiger partial charge is 0.181 e. The first-order valence-corrected chi connectivity index (χ1v) is 6.77. The van der Waals surface area contributed by atoms with Crippen LogP contribution >= 0.6 is 11.3 Å². The summed E-state index contributed by atoms with van der Waals surface area (Å²) in [6, 6.07) is 8.12. The molecule has 96 valence electrons. The average Bonchev–Trinajstić information content (AvgIpc) is 2.99. The van der Waals surface area contributed by atoms with Crippen LogP contribution in [0.5, 0.6) is 0 Å². The van der Waals surface area contributed by atoms with E-state index in [9.17, 15) is 0 Å². The first-order valence-electron chi connectivity index (χ1n) is 5.89. The first-order chi connectivity index (χ1) is 9.20. The van der Waals surface area contributed by atoms with Gasteiger partial charge in [0.1, 0.15) is 5.82 Å². The summed E-state index contributed by atoms with van der Waals surface area (Å²) in [5.41, 5.74) is 8.72. The minimum Gasteiger partial charge on any atom is -0.375 e. The molecule has 0 aliphatic heterocycles. The van der Waals surface area contributed by atoms with Gasteiger partial charge in [0.05, 0.1) is 12.1 Å². The van der Waals surface area contributed by atoms with Crippen molar-refractivity contribution in [3.8, 4) is 11.4 Å². The number of anilines is 1. The Kier molecular flexibility index (Phi) is 3.00. The normalized spacial score (nSPS) is 10.8. The van der Waals surface area contributed by atoms with Crippen molar-refractivity contribution in [2.45, 2.75) is 13.3 Å². The van der Waals surface area contributed by atoms with Crippen LogP contribution in [0.3, 0.4) is 0 Å². The molecule has 0 saturated carbocycles. The lowest BCUT2D eigenvalue weighted by Crippen LogP contribution is -1.92. The van der Waals surface area contributed by atoms with Gasteiger partial charge in [0.15, 0.2) is 11.0 Å². The van der Waals surface area contributed by atoms with Crippen molar-refractivity contribution in [3.63, 3.8) is 0 Å². The highest BCUT2D eigenvalue weighted by molar-refractivity contribution is 7.13. The van der Waals surface area contributed by atoms with Crippen LogP contribution in [-0.4, -0.2) is 20.2 Å². The zero-order valence-electron chi connectivity index (χ0n) is 10.4. The Balaban J connectivity index is 1.83. The summed E-state index contributed by atoms with van der Waals surface area (Å²) < 4.78 is 0. The molecule has 0 bridgehead atoms. The molecule has 1 aromatic carbocycles. The number of nitrogens with two attached hydrogens (primary N) is 1. The minimum atomic E-state index is 0.577. The van der Waals surface area contributed by atoms with Crippen molar-refractivity contribution in [1.82, 2.24) is 20.2 Å². The van der Waals surface area contributed by atoms with E-state index >= 15 is 0 Å². The quantitative estimate of drug-likeness (QED) is 0.766. The maximum atomic E-state index is 5.61. The summed E-state index contributed by atoms with van der Waals surface area (Å²) in [5, 5.41) is 9.69. The summed E-state index contributed by atoms with van der Waals surface area (Å²) in [7, 11) is 0. The molecule has 3 aromatic rings. The lowest BCUT2D eigenvalue weighted by atomic mass is 10.1. The lowest BCUT2D eigenvalue weighted by Gasteiger charge is -1.96. The number of rotatable bonds is 3. The molecule has 0 aliphatic rings. The predicted octanol–water partition coefficient (Wildman–Crippen LogP) is 2.41. The third kappa shape index (κ3) is 2.63. The fourth-order valence-corrected chi connectivity index (χ4v) is 2.43. The molecule has 0 fully saturated rings. The standard InChI is InChI=1S/C13H13N5S/c1-8-3-2-4-9(5-8)12-16-11(17-18-12)6-10-7-19-13(14)15-10/h2-5,7H,6H2,1H3,(H2,14,15)(H,16,17,18). The number of nitrogen functional groups attached to an aromatic ring is 1. The number of aromatic amines is 1. The molecule has 0 unspecified atom stereocenters. The second-order valence-corrected chi connectivity index (χ2v) is 5.22. The molecule has 19 heavy (non-hydrogen) atoms. The molecular weight excluding hydrogens is 258 g/mol. The summed E-state index contributed by atoms with van der Waals surface area (Å²) in [6.45, 7) is 2.05. The van der Waals surface area contributed by atoms with Gasteiger partial charge < -0.3 is 5.73 Å². The molecule has 3 rings (SSSR count). The van der Waals surface area contributed by atoms with E-state index in [0.29, 0.717) is 17.4 Å². The molecule has 0 radical (unpaired) electrons.